The fraction of sp³-hybridized carbons (Fsp3) is 0.429. The molecule has 1 aromatic heterocycles. The zero-order valence-corrected chi connectivity index (χ0v) is 19.1. The molecular weight excluding hydrogens is 438 g/mol. The SMILES string of the molecule is COc1cc(C(C#N)NC(=O)c2cc(S(=O)(=O)N3CCCC3)c(C)o2)cc(OC)c1OC. The third kappa shape index (κ3) is 4.37. The van der Waals surface area contributed by atoms with Crippen LogP contribution in [0.3, 0.4) is 0 Å². The Balaban J connectivity index is 1.87. The summed E-state index contributed by atoms with van der Waals surface area (Å²) in [5.74, 6) is 0.182. The first-order chi connectivity index (χ1) is 15.3. The second-order valence-electron chi connectivity index (χ2n) is 7.14. The maximum absolute atomic E-state index is 12.8. The number of rotatable bonds is 8. The molecule has 1 N–H and O–H groups in total. The smallest absolute Gasteiger partial charge is 0.288 e. The van der Waals surface area contributed by atoms with E-state index in [0.29, 0.717) is 35.9 Å². The molecule has 172 valence electrons. The molecule has 1 aliphatic rings. The summed E-state index contributed by atoms with van der Waals surface area (Å²) in [5.41, 5.74) is 0.392. The summed E-state index contributed by atoms with van der Waals surface area (Å²) in [4.78, 5) is 12.7. The first-order valence-electron chi connectivity index (χ1n) is 9.87. The van der Waals surface area contributed by atoms with Crippen LogP contribution in [0, 0.1) is 18.3 Å². The van der Waals surface area contributed by atoms with E-state index in [4.69, 9.17) is 18.6 Å². The number of hydrogen-bond donors (Lipinski definition) is 1. The van der Waals surface area contributed by atoms with E-state index < -0.39 is 22.0 Å². The zero-order valence-electron chi connectivity index (χ0n) is 18.3. The molecule has 2 aromatic rings. The van der Waals surface area contributed by atoms with Gasteiger partial charge in [0.15, 0.2) is 17.3 Å². The molecule has 1 saturated heterocycles. The summed E-state index contributed by atoms with van der Waals surface area (Å²) in [6.45, 7) is 2.36. The normalized spacial score (nSPS) is 15.1. The largest absolute Gasteiger partial charge is 0.493 e. The van der Waals surface area contributed by atoms with Gasteiger partial charge in [-0.3, -0.25) is 4.79 Å². The summed E-state index contributed by atoms with van der Waals surface area (Å²) in [7, 11) is 0.588. The van der Waals surface area contributed by atoms with Gasteiger partial charge in [0.25, 0.3) is 5.91 Å². The average molecular weight is 464 g/mol. The molecule has 1 aromatic carbocycles. The Kier molecular flexibility index (Phi) is 6.96. The fourth-order valence-electron chi connectivity index (χ4n) is 3.56. The van der Waals surface area contributed by atoms with Crippen LogP contribution in [0.15, 0.2) is 27.5 Å². The Labute approximate surface area is 186 Å². The Bertz CT molecular complexity index is 1120. The van der Waals surface area contributed by atoms with Crippen molar-refractivity contribution in [2.75, 3.05) is 34.4 Å². The molecule has 10 nitrogen and oxygen atoms in total. The van der Waals surface area contributed by atoms with Crippen molar-refractivity contribution in [3.63, 3.8) is 0 Å². The second-order valence-corrected chi connectivity index (χ2v) is 9.04. The lowest BCUT2D eigenvalue weighted by molar-refractivity contribution is 0.0916. The lowest BCUT2D eigenvalue weighted by Gasteiger charge is -2.17. The molecule has 1 aliphatic heterocycles. The minimum atomic E-state index is -3.75. The molecular formula is C21H25N3O7S. The molecule has 0 radical (unpaired) electrons. The number of nitrogens with zero attached hydrogens (tertiary/aromatic N) is 2. The first kappa shape index (κ1) is 23.4. The molecule has 0 aliphatic carbocycles. The number of methoxy groups -OCH3 is 3. The highest BCUT2D eigenvalue weighted by atomic mass is 32.2. The molecule has 3 rings (SSSR count). The molecule has 0 saturated carbocycles. The van der Waals surface area contributed by atoms with E-state index in [0.717, 1.165) is 12.8 Å². The van der Waals surface area contributed by atoms with Gasteiger partial charge >= 0.3 is 0 Å². The molecule has 1 amide bonds. The summed E-state index contributed by atoms with van der Waals surface area (Å²) in [5, 5.41) is 12.2. The lowest BCUT2D eigenvalue weighted by atomic mass is 10.1. The molecule has 1 fully saturated rings. The third-order valence-electron chi connectivity index (χ3n) is 5.20. The van der Waals surface area contributed by atoms with Crippen molar-refractivity contribution in [2.45, 2.75) is 30.7 Å². The highest BCUT2D eigenvalue weighted by molar-refractivity contribution is 7.89. The van der Waals surface area contributed by atoms with Crippen LogP contribution in [0.5, 0.6) is 17.2 Å². The summed E-state index contributed by atoms with van der Waals surface area (Å²) < 4.78 is 48.3. The summed E-state index contributed by atoms with van der Waals surface area (Å²) in [6.07, 6.45) is 1.59. The Morgan fingerprint density at radius 3 is 2.22 bits per heavy atom. The fourth-order valence-corrected chi connectivity index (χ4v) is 5.24. The number of furan rings is 1. The predicted molar refractivity (Wildman–Crippen MR) is 113 cm³/mol. The van der Waals surface area contributed by atoms with Crippen LogP contribution in [0.1, 0.15) is 40.8 Å². The van der Waals surface area contributed by atoms with Gasteiger partial charge in [0, 0.05) is 19.2 Å². The van der Waals surface area contributed by atoms with Crippen molar-refractivity contribution in [1.29, 1.82) is 5.26 Å². The van der Waals surface area contributed by atoms with Crippen LogP contribution >= 0.6 is 0 Å². The van der Waals surface area contributed by atoms with E-state index in [1.807, 2.05) is 6.07 Å². The Morgan fingerprint density at radius 2 is 1.72 bits per heavy atom. The molecule has 0 spiro atoms. The van der Waals surface area contributed by atoms with E-state index in [-0.39, 0.29) is 16.4 Å². The number of ether oxygens (including phenoxy) is 3. The van der Waals surface area contributed by atoms with Gasteiger partial charge in [-0.25, -0.2) is 8.42 Å². The van der Waals surface area contributed by atoms with Crippen LogP contribution < -0.4 is 19.5 Å². The Morgan fingerprint density at radius 1 is 1.12 bits per heavy atom. The van der Waals surface area contributed by atoms with Gasteiger partial charge in [0.05, 0.1) is 27.4 Å². The van der Waals surface area contributed by atoms with E-state index in [1.54, 1.807) is 12.1 Å². The van der Waals surface area contributed by atoms with Crippen LogP contribution in [0.4, 0.5) is 0 Å². The first-order valence-corrected chi connectivity index (χ1v) is 11.3. The number of nitriles is 1. The van der Waals surface area contributed by atoms with Crippen LogP contribution in [-0.2, 0) is 10.0 Å². The zero-order chi connectivity index (χ0) is 23.5. The quantitative estimate of drug-likeness (QED) is 0.631. The number of hydrogen-bond acceptors (Lipinski definition) is 8. The standard InChI is InChI=1S/C21H25N3O7S/c1-13-19(32(26,27)24-7-5-6-8-24)11-18(31-13)21(25)23-15(12-22)14-9-16(28-2)20(30-4)17(10-14)29-3/h9-11,15H,5-8H2,1-4H3,(H,23,25). The van der Waals surface area contributed by atoms with Gasteiger partial charge in [-0.15, -0.1) is 0 Å². The van der Waals surface area contributed by atoms with Crippen LogP contribution in [0.2, 0.25) is 0 Å². The number of aryl methyl sites for hydroxylation is 1. The highest BCUT2D eigenvalue weighted by Crippen LogP contribution is 2.39. The average Bonchev–Trinajstić information content (AvgIpc) is 3.47. The van der Waals surface area contributed by atoms with Crippen molar-refractivity contribution in [2.24, 2.45) is 0 Å². The monoisotopic (exact) mass is 463 g/mol. The predicted octanol–water partition coefficient (Wildman–Crippen LogP) is 2.39. The molecule has 2 heterocycles. The number of benzene rings is 1. The van der Waals surface area contributed by atoms with Crippen molar-refractivity contribution in [1.82, 2.24) is 9.62 Å². The van der Waals surface area contributed by atoms with Crippen LogP contribution in [0.25, 0.3) is 0 Å². The third-order valence-corrected chi connectivity index (χ3v) is 7.21. The molecule has 1 unspecified atom stereocenters. The number of nitrogens with one attached hydrogen (secondary N) is 1. The lowest BCUT2D eigenvalue weighted by Crippen LogP contribution is -2.28. The molecule has 32 heavy (non-hydrogen) atoms. The number of carbonyl (C=O) groups excluding carboxylic acids is 1. The van der Waals surface area contributed by atoms with Gasteiger partial charge in [-0.1, -0.05) is 0 Å². The Hall–Kier alpha value is -3.23. The van der Waals surface area contributed by atoms with Gasteiger partial charge in [0.1, 0.15) is 16.7 Å². The molecule has 1 atom stereocenters. The number of carbonyl (C=O) groups is 1. The second kappa shape index (κ2) is 9.50. The highest BCUT2D eigenvalue weighted by Gasteiger charge is 2.32. The van der Waals surface area contributed by atoms with E-state index in [1.165, 1.54) is 38.6 Å². The van der Waals surface area contributed by atoms with Crippen molar-refractivity contribution >= 4 is 15.9 Å². The van der Waals surface area contributed by atoms with Gasteiger partial charge in [-0.05, 0) is 37.5 Å². The van der Waals surface area contributed by atoms with Crippen molar-refractivity contribution in [3.8, 4) is 23.3 Å². The number of amides is 1. The minimum Gasteiger partial charge on any atom is -0.493 e. The summed E-state index contributed by atoms with van der Waals surface area (Å²) in [6, 6.07) is 5.21. The van der Waals surface area contributed by atoms with E-state index in [9.17, 15) is 18.5 Å². The van der Waals surface area contributed by atoms with Gasteiger partial charge in [-0.2, -0.15) is 9.57 Å². The molecule has 0 bridgehead atoms. The van der Waals surface area contributed by atoms with E-state index in [2.05, 4.69) is 5.32 Å². The topological polar surface area (TPSA) is 131 Å². The van der Waals surface area contributed by atoms with Gasteiger partial charge in [0.2, 0.25) is 15.8 Å². The van der Waals surface area contributed by atoms with Crippen molar-refractivity contribution in [3.05, 3.63) is 35.3 Å². The summed E-state index contributed by atoms with van der Waals surface area (Å²) >= 11 is 0. The molecule has 11 heteroatoms. The maximum atomic E-state index is 12.8. The van der Waals surface area contributed by atoms with E-state index >= 15 is 0 Å². The van der Waals surface area contributed by atoms with Crippen molar-refractivity contribution < 1.29 is 31.8 Å². The minimum absolute atomic E-state index is 0.0501. The maximum Gasteiger partial charge on any atom is 0.288 e. The van der Waals surface area contributed by atoms with Crippen LogP contribution in [-0.4, -0.2) is 53.0 Å². The number of sulfonamides is 1. The van der Waals surface area contributed by atoms with Gasteiger partial charge < -0.3 is 23.9 Å².